The lowest BCUT2D eigenvalue weighted by Crippen LogP contribution is -2.29. The first kappa shape index (κ1) is 15.1. The van der Waals surface area contributed by atoms with Gasteiger partial charge in [0.05, 0.1) is 0 Å². The minimum Gasteiger partial charge on any atom is -0.385 e. The second-order valence-corrected chi connectivity index (χ2v) is 4.57. The fraction of sp³-hybridized carbons (Fsp3) is 0.333. The molecule has 0 aliphatic rings. The Morgan fingerprint density at radius 1 is 1.33 bits per heavy atom. The first-order valence-electron chi connectivity index (χ1n) is 6.68. The van der Waals surface area contributed by atoms with Crippen molar-refractivity contribution in [3.63, 3.8) is 0 Å². The maximum atomic E-state index is 12.2. The number of carbonyl (C=O) groups is 1. The average molecular weight is 290 g/mol. The largest absolute Gasteiger partial charge is 0.385 e. The first-order chi connectivity index (χ1) is 10.1. The molecule has 2 aromatic rings. The van der Waals surface area contributed by atoms with Crippen LogP contribution >= 0.6 is 0 Å². The van der Waals surface area contributed by atoms with E-state index >= 15 is 0 Å². The molecule has 0 unspecified atom stereocenters. The van der Waals surface area contributed by atoms with Gasteiger partial charge in [0.2, 0.25) is 0 Å². The molecule has 6 heteroatoms. The summed E-state index contributed by atoms with van der Waals surface area (Å²) in [5.41, 5.74) is 0.624. The SMILES string of the molecule is COCCCNC(=O)c1c(-c2ccccc2)n(C)oc1=O. The Balaban J connectivity index is 2.27. The molecular formula is C15H18N2O4. The van der Waals surface area contributed by atoms with Crippen molar-refractivity contribution in [2.45, 2.75) is 6.42 Å². The third kappa shape index (κ3) is 3.41. The van der Waals surface area contributed by atoms with Crippen LogP contribution in [0, 0.1) is 0 Å². The van der Waals surface area contributed by atoms with Crippen molar-refractivity contribution in [2.24, 2.45) is 7.05 Å². The van der Waals surface area contributed by atoms with Gasteiger partial charge in [0.15, 0.2) is 5.56 Å². The Morgan fingerprint density at radius 3 is 2.71 bits per heavy atom. The Hall–Kier alpha value is -2.34. The molecule has 1 heterocycles. The summed E-state index contributed by atoms with van der Waals surface area (Å²) in [7, 11) is 3.20. The number of ether oxygens (including phenoxy) is 1. The van der Waals surface area contributed by atoms with Crippen molar-refractivity contribution in [3.05, 3.63) is 46.3 Å². The molecule has 6 nitrogen and oxygen atoms in total. The summed E-state index contributed by atoms with van der Waals surface area (Å²) in [5.74, 6) is -0.431. The van der Waals surface area contributed by atoms with Gasteiger partial charge < -0.3 is 14.6 Å². The lowest BCUT2D eigenvalue weighted by Gasteiger charge is -2.06. The maximum Gasteiger partial charge on any atom is 0.370 e. The lowest BCUT2D eigenvalue weighted by atomic mass is 10.1. The van der Waals surface area contributed by atoms with Crippen molar-refractivity contribution in [1.29, 1.82) is 0 Å². The number of aryl methyl sites for hydroxylation is 1. The van der Waals surface area contributed by atoms with E-state index in [9.17, 15) is 9.59 Å². The molecule has 0 saturated carbocycles. The van der Waals surface area contributed by atoms with Gasteiger partial charge in [0, 0.05) is 32.9 Å². The molecule has 0 atom stereocenters. The Bertz CT molecular complexity index is 658. The van der Waals surface area contributed by atoms with Gasteiger partial charge in [-0.05, 0) is 6.42 Å². The highest BCUT2D eigenvalue weighted by molar-refractivity contribution is 5.99. The molecule has 0 aliphatic heterocycles. The third-order valence-corrected chi connectivity index (χ3v) is 3.06. The zero-order valence-electron chi connectivity index (χ0n) is 12.1. The summed E-state index contributed by atoms with van der Waals surface area (Å²) in [5, 5.41) is 2.71. The number of aromatic nitrogens is 1. The van der Waals surface area contributed by atoms with Crippen LogP contribution in [0.3, 0.4) is 0 Å². The van der Waals surface area contributed by atoms with Crippen molar-refractivity contribution in [1.82, 2.24) is 10.1 Å². The molecule has 1 N–H and O–H groups in total. The van der Waals surface area contributed by atoms with E-state index in [2.05, 4.69) is 5.32 Å². The van der Waals surface area contributed by atoms with Crippen LogP contribution in [0.4, 0.5) is 0 Å². The van der Waals surface area contributed by atoms with Crippen LogP contribution in [0.2, 0.25) is 0 Å². The number of rotatable bonds is 6. The van der Waals surface area contributed by atoms with Crippen LogP contribution in [0.15, 0.2) is 39.6 Å². The summed E-state index contributed by atoms with van der Waals surface area (Å²) >= 11 is 0. The second-order valence-electron chi connectivity index (χ2n) is 4.57. The van der Waals surface area contributed by atoms with E-state index in [1.54, 1.807) is 14.2 Å². The molecule has 1 aromatic heterocycles. The first-order valence-corrected chi connectivity index (χ1v) is 6.68. The van der Waals surface area contributed by atoms with Gasteiger partial charge in [-0.3, -0.25) is 4.79 Å². The number of carbonyl (C=O) groups excluding carboxylic acids is 1. The lowest BCUT2D eigenvalue weighted by molar-refractivity contribution is 0.0947. The smallest absolute Gasteiger partial charge is 0.370 e. The third-order valence-electron chi connectivity index (χ3n) is 3.06. The van der Waals surface area contributed by atoms with Crippen LogP contribution in [0.1, 0.15) is 16.8 Å². The molecule has 1 aromatic carbocycles. The number of hydrogen-bond donors (Lipinski definition) is 1. The quantitative estimate of drug-likeness (QED) is 0.816. The summed E-state index contributed by atoms with van der Waals surface area (Å²) < 4.78 is 11.3. The van der Waals surface area contributed by atoms with Crippen LogP contribution in [0.5, 0.6) is 0 Å². The van der Waals surface area contributed by atoms with Gasteiger partial charge >= 0.3 is 5.63 Å². The fourth-order valence-corrected chi connectivity index (χ4v) is 2.10. The monoisotopic (exact) mass is 290 g/mol. The molecule has 1 amide bonds. The molecule has 0 radical (unpaired) electrons. The van der Waals surface area contributed by atoms with Crippen LogP contribution < -0.4 is 10.9 Å². The molecule has 0 fully saturated rings. The van der Waals surface area contributed by atoms with E-state index < -0.39 is 11.5 Å². The number of hydrogen-bond acceptors (Lipinski definition) is 4. The van der Waals surface area contributed by atoms with Crippen LogP contribution in [-0.2, 0) is 11.8 Å². The highest BCUT2D eigenvalue weighted by Gasteiger charge is 2.23. The second kappa shape index (κ2) is 6.90. The normalized spacial score (nSPS) is 10.6. The van der Waals surface area contributed by atoms with Gasteiger partial charge in [-0.25, -0.2) is 9.53 Å². The highest BCUT2D eigenvalue weighted by Crippen LogP contribution is 2.21. The van der Waals surface area contributed by atoms with E-state index in [0.717, 1.165) is 5.56 Å². The van der Waals surface area contributed by atoms with E-state index in [1.165, 1.54) is 4.74 Å². The molecule has 112 valence electrons. The van der Waals surface area contributed by atoms with Crippen molar-refractivity contribution in [3.8, 4) is 11.3 Å². The van der Waals surface area contributed by atoms with Gasteiger partial charge in [-0.1, -0.05) is 30.3 Å². The number of nitrogens with one attached hydrogen (secondary N) is 1. The molecule has 2 rings (SSSR count). The van der Waals surface area contributed by atoms with Crippen molar-refractivity contribution < 1.29 is 14.1 Å². The zero-order chi connectivity index (χ0) is 15.2. The Morgan fingerprint density at radius 2 is 2.05 bits per heavy atom. The number of methoxy groups -OCH3 is 1. The van der Waals surface area contributed by atoms with E-state index in [4.69, 9.17) is 9.26 Å². The minimum absolute atomic E-state index is 0.0288. The zero-order valence-corrected chi connectivity index (χ0v) is 12.1. The molecule has 0 aliphatic carbocycles. The highest BCUT2D eigenvalue weighted by atomic mass is 16.5. The van der Waals surface area contributed by atoms with Crippen molar-refractivity contribution >= 4 is 5.91 Å². The molecular weight excluding hydrogens is 272 g/mol. The summed E-state index contributed by atoms with van der Waals surface area (Å²) in [6.45, 7) is 0.991. The fourth-order valence-electron chi connectivity index (χ4n) is 2.10. The van der Waals surface area contributed by atoms with Gasteiger partial charge in [-0.2, -0.15) is 0 Å². The number of nitrogens with zero attached hydrogens (tertiary/aromatic N) is 1. The Labute approximate surface area is 122 Å². The Kier molecular flexibility index (Phi) is 4.94. The van der Waals surface area contributed by atoms with Gasteiger partial charge in [0.1, 0.15) is 5.69 Å². The summed E-state index contributed by atoms with van der Waals surface area (Å²) in [6, 6.07) is 9.20. The van der Waals surface area contributed by atoms with Gasteiger partial charge in [-0.15, -0.1) is 0 Å². The maximum absolute atomic E-state index is 12.2. The summed E-state index contributed by atoms with van der Waals surface area (Å²) in [4.78, 5) is 24.1. The van der Waals surface area contributed by atoms with Crippen LogP contribution in [-0.4, -0.2) is 30.9 Å². The predicted molar refractivity (Wildman–Crippen MR) is 78.2 cm³/mol. The summed E-state index contributed by atoms with van der Waals surface area (Å²) in [6.07, 6.45) is 0.682. The van der Waals surface area contributed by atoms with Gasteiger partial charge in [0.25, 0.3) is 5.91 Å². The number of benzene rings is 1. The topological polar surface area (TPSA) is 73.5 Å². The molecule has 0 saturated heterocycles. The molecule has 0 spiro atoms. The average Bonchev–Trinajstić information content (AvgIpc) is 2.79. The number of amides is 1. The molecule has 21 heavy (non-hydrogen) atoms. The van der Waals surface area contributed by atoms with Crippen LogP contribution in [0.25, 0.3) is 11.3 Å². The standard InChI is InChI=1S/C15H18N2O4/c1-17-13(11-7-4-3-5-8-11)12(15(19)21-17)14(18)16-9-6-10-20-2/h3-5,7-8H,6,9-10H2,1-2H3,(H,16,18). The minimum atomic E-state index is -0.638. The predicted octanol–water partition coefficient (Wildman–Crippen LogP) is 1.41. The van der Waals surface area contributed by atoms with E-state index in [-0.39, 0.29) is 5.56 Å². The van der Waals surface area contributed by atoms with Crippen molar-refractivity contribution in [2.75, 3.05) is 20.3 Å². The molecule has 0 bridgehead atoms. The van der Waals surface area contributed by atoms with E-state index in [1.807, 2.05) is 30.3 Å². The van der Waals surface area contributed by atoms with E-state index in [0.29, 0.717) is 25.3 Å².